The van der Waals surface area contributed by atoms with Crippen molar-refractivity contribution in [3.8, 4) is 0 Å². The molecular weight excluding hydrogens is 464 g/mol. The molecule has 0 aromatic carbocycles. The van der Waals surface area contributed by atoms with Gasteiger partial charge in [0.1, 0.15) is 6.61 Å². The van der Waals surface area contributed by atoms with Crippen molar-refractivity contribution >= 4 is 5.97 Å². The Kier molecular flexibility index (Phi) is 6.32. The first-order valence-electron chi connectivity index (χ1n) is 12.4. The first kappa shape index (κ1) is 25.5. The van der Waals surface area contributed by atoms with Crippen molar-refractivity contribution in [2.45, 2.75) is 82.0 Å². The summed E-state index contributed by atoms with van der Waals surface area (Å²) in [5, 5.41) is 63.6. The monoisotopic (exact) mass is 498 g/mol. The molecule has 5 aliphatic rings. The standard InChI is InChI=1S/C23H34N2O10/c1-20-6-3-17-18(23(20,28)9-5-16(20)14-10-19(26)33-12-14)4-8-22(27)11-15(35-25(31)32)2-7-21(17,22)13-34-24(29)30/h10,15-18,27-29,31H,2-9,11-13H2,1H3/q-2/t15-,16+,17-,18+,20+,21-,22-,23-/m0/s1. The summed E-state index contributed by atoms with van der Waals surface area (Å²) in [4.78, 5) is 21.7. The zero-order valence-electron chi connectivity index (χ0n) is 19.8. The molecule has 4 aliphatic carbocycles. The van der Waals surface area contributed by atoms with Crippen LogP contribution in [0.5, 0.6) is 0 Å². The molecule has 0 aromatic rings. The van der Waals surface area contributed by atoms with Gasteiger partial charge in [-0.1, -0.05) is 6.92 Å². The van der Waals surface area contributed by atoms with Gasteiger partial charge in [0, 0.05) is 23.3 Å². The average molecular weight is 499 g/mol. The van der Waals surface area contributed by atoms with E-state index in [0.717, 1.165) is 12.0 Å². The highest BCUT2D eigenvalue weighted by molar-refractivity contribution is 5.85. The third-order valence-corrected chi connectivity index (χ3v) is 10.4. The van der Waals surface area contributed by atoms with Crippen LogP contribution in [0.2, 0.25) is 0 Å². The summed E-state index contributed by atoms with van der Waals surface area (Å²) in [5.41, 5.74) is -2.97. The molecule has 198 valence electrons. The number of cyclic esters (lactones) is 1. The number of carbonyl (C=O) groups excluding carboxylic acids is 1. The van der Waals surface area contributed by atoms with Crippen molar-refractivity contribution in [1.29, 1.82) is 0 Å². The Bertz CT molecular complexity index is 884. The molecule has 35 heavy (non-hydrogen) atoms. The summed E-state index contributed by atoms with van der Waals surface area (Å²) in [6.45, 7) is 2.08. The number of aliphatic hydroxyl groups is 2. The summed E-state index contributed by atoms with van der Waals surface area (Å²) in [6.07, 6.45) is 4.88. The largest absolute Gasteiger partial charge is 0.738 e. The van der Waals surface area contributed by atoms with Gasteiger partial charge in [-0.15, -0.1) is 10.8 Å². The second-order valence-electron chi connectivity index (χ2n) is 11.5. The minimum Gasteiger partial charge on any atom is -0.738 e. The van der Waals surface area contributed by atoms with Crippen molar-refractivity contribution in [2.75, 3.05) is 13.2 Å². The number of hydrogen-bond donors (Lipinski definition) is 4. The molecule has 4 N–H and O–H groups in total. The number of esters is 1. The predicted octanol–water partition coefficient (Wildman–Crippen LogP) is 1.95. The summed E-state index contributed by atoms with van der Waals surface area (Å²) in [7, 11) is 0. The van der Waals surface area contributed by atoms with Crippen LogP contribution in [0.25, 0.3) is 0 Å². The normalized spacial score (nSPS) is 47.3. The van der Waals surface area contributed by atoms with Gasteiger partial charge in [-0.3, -0.25) is 9.68 Å². The lowest BCUT2D eigenvalue weighted by atomic mass is 9.41. The number of rotatable bonds is 6. The zero-order chi connectivity index (χ0) is 25.2. The Hall–Kier alpha value is -1.19. The van der Waals surface area contributed by atoms with Crippen LogP contribution in [0.15, 0.2) is 11.6 Å². The van der Waals surface area contributed by atoms with E-state index in [9.17, 15) is 30.6 Å². The second-order valence-corrected chi connectivity index (χ2v) is 11.5. The highest BCUT2D eigenvalue weighted by atomic mass is 17.1. The highest BCUT2D eigenvalue weighted by Crippen LogP contribution is 2.70. The van der Waals surface area contributed by atoms with Crippen molar-refractivity contribution in [3.63, 3.8) is 0 Å². The van der Waals surface area contributed by atoms with Crippen molar-refractivity contribution in [1.82, 2.24) is 10.8 Å². The molecular formula is C23H34N2O10-2. The van der Waals surface area contributed by atoms with E-state index < -0.39 is 38.9 Å². The van der Waals surface area contributed by atoms with Gasteiger partial charge in [0.05, 0.1) is 23.9 Å². The van der Waals surface area contributed by atoms with E-state index in [-0.39, 0.29) is 49.8 Å². The van der Waals surface area contributed by atoms with E-state index in [1.54, 1.807) is 6.08 Å². The Labute approximate surface area is 203 Å². The first-order chi connectivity index (χ1) is 16.4. The van der Waals surface area contributed by atoms with Crippen LogP contribution in [0, 0.1) is 39.0 Å². The Balaban J connectivity index is 1.47. The van der Waals surface area contributed by atoms with E-state index in [1.807, 2.05) is 0 Å². The molecule has 0 amide bonds. The molecule has 4 fully saturated rings. The number of fused-ring (bicyclic) bond motifs is 5. The van der Waals surface area contributed by atoms with Crippen LogP contribution in [0.4, 0.5) is 0 Å². The van der Waals surface area contributed by atoms with Gasteiger partial charge in [-0.05, 0) is 74.7 Å². The van der Waals surface area contributed by atoms with Crippen molar-refractivity contribution in [3.05, 3.63) is 22.1 Å². The number of nitrogens with zero attached hydrogens (tertiary/aromatic N) is 2. The quantitative estimate of drug-likeness (QED) is 0.309. The molecule has 0 bridgehead atoms. The molecule has 8 atom stereocenters. The van der Waals surface area contributed by atoms with Gasteiger partial charge >= 0.3 is 5.97 Å². The fraction of sp³-hybridized carbons (Fsp3) is 0.870. The maximum absolute atomic E-state index is 12.3. The smallest absolute Gasteiger partial charge is 0.331 e. The van der Waals surface area contributed by atoms with Crippen molar-refractivity contribution < 1.29 is 39.8 Å². The third kappa shape index (κ3) is 3.78. The van der Waals surface area contributed by atoms with Gasteiger partial charge in [0.2, 0.25) is 0 Å². The Morgan fingerprint density at radius 3 is 2.46 bits per heavy atom. The number of ether oxygens (including phenoxy) is 1. The van der Waals surface area contributed by atoms with Gasteiger partial charge in [0.25, 0.3) is 0 Å². The highest BCUT2D eigenvalue weighted by Gasteiger charge is 2.71. The molecule has 0 spiro atoms. The molecule has 12 nitrogen and oxygen atoms in total. The summed E-state index contributed by atoms with van der Waals surface area (Å²) in [6, 6.07) is 0. The minimum atomic E-state index is -1.39. The fourth-order valence-electron chi connectivity index (χ4n) is 8.86. The van der Waals surface area contributed by atoms with E-state index in [4.69, 9.17) is 19.6 Å². The van der Waals surface area contributed by atoms with Gasteiger partial charge in [-0.2, -0.15) is 0 Å². The Morgan fingerprint density at radius 1 is 1.06 bits per heavy atom. The second kappa shape index (κ2) is 8.69. The lowest BCUT2D eigenvalue weighted by Crippen LogP contribution is -2.69. The molecule has 5 rings (SSSR count). The average Bonchev–Trinajstić information content (AvgIpc) is 3.31. The minimum absolute atomic E-state index is 0.0132. The molecule has 0 unspecified atom stereocenters. The zero-order valence-corrected chi connectivity index (χ0v) is 19.8. The van der Waals surface area contributed by atoms with Gasteiger partial charge in [-0.25, -0.2) is 4.79 Å². The van der Waals surface area contributed by atoms with Crippen LogP contribution in [-0.2, 0) is 19.2 Å². The van der Waals surface area contributed by atoms with E-state index in [0.29, 0.717) is 38.5 Å². The number of carbonyl (C=O) groups is 1. The SMILES string of the molecule is C[C@]12CC[C@H]3[C@@H](CC[C@]4(O)C[C@@H](ON([O-])O)CC[C@]34CON([O-])O)[C@@]1(O)CC[C@@H]2C1=CC(=O)OC1. The summed E-state index contributed by atoms with van der Waals surface area (Å²) >= 11 is 0. The fourth-order valence-corrected chi connectivity index (χ4v) is 8.86. The summed E-state index contributed by atoms with van der Waals surface area (Å²) < 4.78 is 5.16. The molecule has 0 aromatic heterocycles. The molecule has 1 aliphatic heterocycles. The van der Waals surface area contributed by atoms with Crippen LogP contribution in [-0.4, -0.2) is 67.9 Å². The molecule has 4 saturated carbocycles. The number of hydrogen-bond acceptors (Lipinski definition) is 12. The first-order valence-corrected chi connectivity index (χ1v) is 12.4. The van der Waals surface area contributed by atoms with Crippen LogP contribution >= 0.6 is 0 Å². The van der Waals surface area contributed by atoms with Crippen LogP contribution in [0.1, 0.15) is 64.7 Å². The molecule has 12 heteroatoms. The maximum atomic E-state index is 12.3. The van der Waals surface area contributed by atoms with E-state index >= 15 is 0 Å². The van der Waals surface area contributed by atoms with Crippen molar-refractivity contribution in [2.24, 2.45) is 28.6 Å². The maximum Gasteiger partial charge on any atom is 0.331 e. The molecule has 0 radical (unpaired) electrons. The molecule has 0 saturated heterocycles. The van der Waals surface area contributed by atoms with Gasteiger partial charge in [0.15, 0.2) is 0 Å². The van der Waals surface area contributed by atoms with Crippen LogP contribution < -0.4 is 0 Å². The summed E-state index contributed by atoms with van der Waals surface area (Å²) in [5.74, 6) is -0.749. The topological polar surface area (TPSA) is 178 Å². The lowest BCUT2D eigenvalue weighted by Gasteiger charge is -2.66. The predicted molar refractivity (Wildman–Crippen MR) is 116 cm³/mol. The van der Waals surface area contributed by atoms with Crippen LogP contribution in [0.3, 0.4) is 0 Å². The molecule has 1 heterocycles. The van der Waals surface area contributed by atoms with E-state index in [1.165, 1.54) is 0 Å². The Morgan fingerprint density at radius 2 is 1.80 bits per heavy atom. The third-order valence-electron chi connectivity index (χ3n) is 10.4. The van der Waals surface area contributed by atoms with Gasteiger partial charge < -0.3 is 35.8 Å². The van der Waals surface area contributed by atoms with E-state index in [2.05, 4.69) is 6.92 Å². The lowest BCUT2D eigenvalue weighted by molar-refractivity contribution is -0.369.